The molecule has 0 spiro atoms. The first-order chi connectivity index (χ1) is 9.99. The molecule has 0 aliphatic rings. The molecule has 0 aliphatic carbocycles. The van der Waals surface area contributed by atoms with Crippen LogP contribution in [-0.2, 0) is 9.53 Å². The fourth-order valence-corrected chi connectivity index (χ4v) is 2.08. The highest BCUT2D eigenvalue weighted by Gasteiger charge is 2.19. The van der Waals surface area contributed by atoms with Crippen molar-refractivity contribution >= 4 is 5.97 Å². The number of aryl methyl sites for hydroxylation is 1. The zero-order valence-electron chi connectivity index (χ0n) is 13.7. The lowest BCUT2D eigenvalue weighted by Crippen LogP contribution is -2.27. The summed E-state index contributed by atoms with van der Waals surface area (Å²) in [6.07, 6.45) is 0.468. The van der Waals surface area contributed by atoms with Crippen LogP contribution in [0.15, 0.2) is 18.2 Å². The highest BCUT2D eigenvalue weighted by atomic mass is 16.6. The molecule has 118 valence electrons. The molecule has 21 heavy (non-hydrogen) atoms. The molecule has 1 aromatic rings. The molecular formula is C17H27NO3. The summed E-state index contributed by atoms with van der Waals surface area (Å²) in [6, 6.07) is 6.18. The topological polar surface area (TPSA) is 47.6 Å². The van der Waals surface area contributed by atoms with E-state index in [9.17, 15) is 4.79 Å². The average molecular weight is 293 g/mol. The first-order valence-electron chi connectivity index (χ1n) is 7.66. The molecule has 1 N–H and O–H groups in total. The molecule has 0 radical (unpaired) electrons. The highest BCUT2D eigenvalue weighted by Crippen LogP contribution is 2.27. The largest absolute Gasteiger partial charge is 0.479 e. The minimum Gasteiger partial charge on any atom is -0.479 e. The maximum atomic E-state index is 11.7. The fourth-order valence-electron chi connectivity index (χ4n) is 2.08. The molecule has 4 heteroatoms. The van der Waals surface area contributed by atoms with Crippen LogP contribution in [-0.4, -0.2) is 25.2 Å². The molecule has 0 amide bonds. The molecule has 4 nitrogen and oxygen atoms in total. The monoisotopic (exact) mass is 293 g/mol. The van der Waals surface area contributed by atoms with Gasteiger partial charge in [-0.15, -0.1) is 0 Å². The second-order valence-electron chi connectivity index (χ2n) is 5.23. The number of ether oxygens (including phenoxy) is 2. The minimum absolute atomic E-state index is 0.175. The summed E-state index contributed by atoms with van der Waals surface area (Å²) in [5.74, 6) is 0.399. The second-order valence-corrected chi connectivity index (χ2v) is 5.23. The predicted octanol–water partition coefficient (Wildman–Crippen LogP) is 3.39. The van der Waals surface area contributed by atoms with E-state index in [1.165, 1.54) is 5.56 Å². The molecule has 0 saturated heterocycles. The van der Waals surface area contributed by atoms with Gasteiger partial charge >= 0.3 is 5.97 Å². The third-order valence-corrected chi connectivity index (χ3v) is 3.25. The standard InChI is InChI=1S/C17H27NO3/c1-6-10-18-13(4)15-11-12(3)8-9-16(15)21-14(5)17(19)20-7-2/h8-9,11,13-14,18H,6-7,10H2,1-5H3. The maximum absolute atomic E-state index is 11.7. The Hall–Kier alpha value is -1.55. The number of hydrogen-bond acceptors (Lipinski definition) is 4. The van der Waals surface area contributed by atoms with Crippen LogP contribution >= 0.6 is 0 Å². The lowest BCUT2D eigenvalue weighted by Gasteiger charge is -2.21. The Bertz CT molecular complexity index is 459. The Labute approximate surface area is 127 Å². The first-order valence-corrected chi connectivity index (χ1v) is 7.66. The molecule has 0 saturated carbocycles. The summed E-state index contributed by atoms with van der Waals surface area (Å²) < 4.78 is 10.8. The molecule has 0 bridgehead atoms. The molecule has 1 aromatic carbocycles. The van der Waals surface area contributed by atoms with E-state index in [0.717, 1.165) is 24.3 Å². The number of carbonyl (C=O) groups excluding carboxylic acids is 1. The van der Waals surface area contributed by atoms with Crippen molar-refractivity contribution in [2.75, 3.05) is 13.2 Å². The third-order valence-electron chi connectivity index (χ3n) is 3.25. The Morgan fingerprint density at radius 2 is 2.00 bits per heavy atom. The Morgan fingerprint density at radius 3 is 2.62 bits per heavy atom. The molecule has 0 aromatic heterocycles. The van der Waals surface area contributed by atoms with Crippen LogP contribution in [0.4, 0.5) is 0 Å². The van der Waals surface area contributed by atoms with Crippen LogP contribution in [0, 0.1) is 6.92 Å². The Kier molecular flexibility index (Phi) is 7.23. The zero-order chi connectivity index (χ0) is 15.8. The number of carbonyl (C=O) groups is 1. The van der Waals surface area contributed by atoms with Gasteiger partial charge in [-0.1, -0.05) is 24.6 Å². The van der Waals surface area contributed by atoms with Gasteiger partial charge in [-0.25, -0.2) is 4.79 Å². The van der Waals surface area contributed by atoms with E-state index in [-0.39, 0.29) is 12.0 Å². The number of rotatable bonds is 8. The van der Waals surface area contributed by atoms with Crippen LogP contribution in [0.25, 0.3) is 0 Å². The van der Waals surface area contributed by atoms with Crippen LogP contribution < -0.4 is 10.1 Å². The van der Waals surface area contributed by atoms with Gasteiger partial charge in [-0.2, -0.15) is 0 Å². The van der Waals surface area contributed by atoms with Crippen molar-refractivity contribution in [2.45, 2.75) is 53.2 Å². The van der Waals surface area contributed by atoms with Crippen LogP contribution in [0.3, 0.4) is 0 Å². The van der Waals surface area contributed by atoms with Gasteiger partial charge in [0.2, 0.25) is 0 Å². The van der Waals surface area contributed by atoms with Gasteiger partial charge < -0.3 is 14.8 Å². The number of esters is 1. The third kappa shape index (κ3) is 5.38. The van der Waals surface area contributed by atoms with Gasteiger partial charge in [0, 0.05) is 11.6 Å². The molecule has 0 fully saturated rings. The van der Waals surface area contributed by atoms with Crippen molar-refractivity contribution in [1.29, 1.82) is 0 Å². The van der Waals surface area contributed by atoms with Crippen molar-refractivity contribution in [3.05, 3.63) is 29.3 Å². The zero-order valence-corrected chi connectivity index (χ0v) is 13.7. The highest BCUT2D eigenvalue weighted by molar-refractivity contribution is 5.74. The van der Waals surface area contributed by atoms with E-state index < -0.39 is 6.10 Å². The number of nitrogens with one attached hydrogen (secondary N) is 1. The average Bonchev–Trinajstić information content (AvgIpc) is 2.46. The van der Waals surface area contributed by atoms with Crippen molar-refractivity contribution in [3.8, 4) is 5.75 Å². The van der Waals surface area contributed by atoms with Crippen LogP contribution in [0.5, 0.6) is 5.75 Å². The van der Waals surface area contributed by atoms with Crippen molar-refractivity contribution < 1.29 is 14.3 Å². The van der Waals surface area contributed by atoms with Crippen molar-refractivity contribution in [3.63, 3.8) is 0 Å². The molecular weight excluding hydrogens is 266 g/mol. The van der Waals surface area contributed by atoms with E-state index in [0.29, 0.717) is 6.61 Å². The molecule has 0 heterocycles. The fraction of sp³-hybridized carbons (Fsp3) is 0.588. The number of hydrogen-bond donors (Lipinski definition) is 1. The molecule has 0 aliphatic heterocycles. The molecule has 1 rings (SSSR count). The van der Waals surface area contributed by atoms with Gasteiger partial charge in [0.15, 0.2) is 6.10 Å². The maximum Gasteiger partial charge on any atom is 0.347 e. The Balaban J connectivity index is 2.88. The lowest BCUT2D eigenvalue weighted by molar-refractivity contribution is -0.150. The van der Waals surface area contributed by atoms with E-state index in [4.69, 9.17) is 9.47 Å². The summed E-state index contributed by atoms with van der Waals surface area (Å²) in [4.78, 5) is 11.7. The van der Waals surface area contributed by atoms with Crippen molar-refractivity contribution in [2.24, 2.45) is 0 Å². The summed E-state index contributed by atoms with van der Waals surface area (Å²) >= 11 is 0. The predicted molar refractivity (Wildman–Crippen MR) is 84.6 cm³/mol. The number of benzene rings is 1. The molecule has 2 atom stereocenters. The normalized spacial score (nSPS) is 13.6. The van der Waals surface area contributed by atoms with E-state index in [1.807, 2.05) is 12.1 Å². The minimum atomic E-state index is -0.607. The van der Waals surface area contributed by atoms with Crippen molar-refractivity contribution in [1.82, 2.24) is 5.32 Å². The summed E-state index contributed by atoms with van der Waals surface area (Å²) in [5.41, 5.74) is 2.24. The first kappa shape index (κ1) is 17.5. The summed E-state index contributed by atoms with van der Waals surface area (Å²) in [7, 11) is 0. The van der Waals surface area contributed by atoms with Gasteiger partial charge in [0.1, 0.15) is 5.75 Å². The van der Waals surface area contributed by atoms with Gasteiger partial charge in [-0.3, -0.25) is 0 Å². The lowest BCUT2D eigenvalue weighted by atomic mass is 10.0. The van der Waals surface area contributed by atoms with Gasteiger partial charge in [0.05, 0.1) is 6.61 Å². The SMILES string of the molecule is CCCNC(C)c1cc(C)ccc1OC(C)C(=O)OCC. The van der Waals surface area contributed by atoms with Gasteiger partial charge in [0.25, 0.3) is 0 Å². The van der Waals surface area contributed by atoms with E-state index >= 15 is 0 Å². The van der Waals surface area contributed by atoms with Gasteiger partial charge in [-0.05, 0) is 46.7 Å². The van der Waals surface area contributed by atoms with E-state index in [2.05, 4.69) is 32.2 Å². The Morgan fingerprint density at radius 1 is 1.29 bits per heavy atom. The second kappa shape index (κ2) is 8.67. The summed E-state index contributed by atoms with van der Waals surface area (Å²) in [5, 5.41) is 3.45. The summed E-state index contributed by atoms with van der Waals surface area (Å²) in [6.45, 7) is 11.1. The van der Waals surface area contributed by atoms with E-state index in [1.54, 1.807) is 13.8 Å². The molecule has 2 unspecified atom stereocenters. The quantitative estimate of drug-likeness (QED) is 0.746. The van der Waals surface area contributed by atoms with Crippen LogP contribution in [0.2, 0.25) is 0 Å². The smallest absolute Gasteiger partial charge is 0.347 e. The van der Waals surface area contributed by atoms with Crippen LogP contribution in [0.1, 0.15) is 51.3 Å².